The number of hydrogen-bond acceptors (Lipinski definition) is 3. The number of nitrogens with zero attached hydrogens (tertiary/aromatic N) is 3. The summed E-state index contributed by atoms with van der Waals surface area (Å²) < 4.78 is 0. The summed E-state index contributed by atoms with van der Waals surface area (Å²) in [6.07, 6.45) is 7.96. The number of carbonyl (C=O) groups is 1. The minimum Gasteiger partial charge on any atom is -0.334 e. The zero-order valence-corrected chi connectivity index (χ0v) is 17.8. The van der Waals surface area contributed by atoms with Gasteiger partial charge in [-0.3, -0.25) is 9.78 Å². The Morgan fingerprint density at radius 1 is 1.00 bits per heavy atom. The molecule has 29 heavy (non-hydrogen) atoms. The van der Waals surface area contributed by atoms with Crippen LogP contribution >= 0.6 is 0 Å². The van der Waals surface area contributed by atoms with Crippen molar-refractivity contribution in [2.45, 2.75) is 45.6 Å². The fraction of sp³-hybridized carbons (Fsp3) is 0.520. The third-order valence-electron chi connectivity index (χ3n) is 6.38. The first-order valence-electron chi connectivity index (χ1n) is 11.0. The average Bonchev–Trinajstić information content (AvgIpc) is 3.55. The second kappa shape index (κ2) is 9.08. The van der Waals surface area contributed by atoms with E-state index in [1.165, 1.54) is 56.3 Å². The van der Waals surface area contributed by atoms with Crippen LogP contribution in [-0.4, -0.2) is 47.4 Å². The predicted octanol–water partition coefficient (Wildman–Crippen LogP) is 4.33. The van der Waals surface area contributed by atoms with Gasteiger partial charge < -0.3 is 9.80 Å². The monoisotopic (exact) mass is 391 g/mol. The van der Waals surface area contributed by atoms with Crippen molar-refractivity contribution in [2.75, 3.05) is 26.7 Å². The molecule has 2 heterocycles. The number of hydrogen-bond donors (Lipinski definition) is 0. The van der Waals surface area contributed by atoms with Crippen molar-refractivity contribution in [3.8, 4) is 0 Å². The van der Waals surface area contributed by atoms with Crippen LogP contribution in [0.3, 0.4) is 0 Å². The molecule has 2 aromatic rings. The van der Waals surface area contributed by atoms with Crippen LogP contribution in [0, 0.1) is 18.8 Å². The molecule has 0 spiro atoms. The van der Waals surface area contributed by atoms with Crippen molar-refractivity contribution in [1.29, 1.82) is 0 Å². The van der Waals surface area contributed by atoms with Gasteiger partial charge in [0.05, 0.1) is 5.56 Å². The van der Waals surface area contributed by atoms with Gasteiger partial charge in [-0.25, -0.2) is 0 Å². The summed E-state index contributed by atoms with van der Waals surface area (Å²) in [7, 11) is 2.21. The number of rotatable bonds is 7. The highest BCUT2D eigenvalue weighted by atomic mass is 16.2. The van der Waals surface area contributed by atoms with Crippen LogP contribution in [0.5, 0.6) is 0 Å². The zero-order chi connectivity index (χ0) is 20.2. The molecular formula is C25H33N3O. The number of carbonyl (C=O) groups excluding carboxylic acids is 1. The van der Waals surface area contributed by atoms with E-state index in [2.05, 4.69) is 41.2 Å². The van der Waals surface area contributed by atoms with Gasteiger partial charge in [-0.1, -0.05) is 24.3 Å². The van der Waals surface area contributed by atoms with Gasteiger partial charge in [0.1, 0.15) is 0 Å². The Morgan fingerprint density at radius 3 is 2.31 bits per heavy atom. The molecular weight excluding hydrogens is 358 g/mol. The SMILES string of the molecule is Cc1ccc(C(=O)N(Cc2ccc(CC3CCN(C)CC3)cc2)CC2CC2)cn1. The number of benzene rings is 1. The Balaban J connectivity index is 1.39. The lowest BCUT2D eigenvalue weighted by atomic mass is 9.90. The van der Waals surface area contributed by atoms with Gasteiger partial charge in [-0.05, 0) is 94.3 Å². The molecule has 2 fully saturated rings. The second-order valence-corrected chi connectivity index (χ2v) is 9.08. The molecule has 0 N–H and O–H groups in total. The van der Waals surface area contributed by atoms with E-state index in [1.807, 2.05) is 24.0 Å². The summed E-state index contributed by atoms with van der Waals surface area (Å²) in [5, 5.41) is 0. The standard InChI is InChI=1S/C25H33N3O/c1-19-3-10-24(16-26-19)25(29)28(18-23-8-9-23)17-22-6-4-20(5-7-22)15-21-11-13-27(2)14-12-21/h3-7,10,16,21,23H,8-9,11-15,17-18H2,1-2H3. The van der Waals surface area contributed by atoms with Gasteiger partial charge in [-0.2, -0.15) is 0 Å². The molecule has 1 aliphatic heterocycles. The van der Waals surface area contributed by atoms with Crippen molar-refractivity contribution in [2.24, 2.45) is 11.8 Å². The van der Waals surface area contributed by atoms with Gasteiger partial charge in [0.15, 0.2) is 0 Å². The molecule has 4 heteroatoms. The van der Waals surface area contributed by atoms with Gasteiger partial charge >= 0.3 is 0 Å². The van der Waals surface area contributed by atoms with Crippen LogP contribution in [0.25, 0.3) is 0 Å². The molecule has 0 radical (unpaired) electrons. The smallest absolute Gasteiger partial charge is 0.255 e. The van der Waals surface area contributed by atoms with Crippen LogP contribution in [-0.2, 0) is 13.0 Å². The topological polar surface area (TPSA) is 36.4 Å². The van der Waals surface area contributed by atoms with Gasteiger partial charge in [-0.15, -0.1) is 0 Å². The first-order chi connectivity index (χ1) is 14.1. The molecule has 4 rings (SSSR count). The highest BCUT2D eigenvalue weighted by molar-refractivity contribution is 5.93. The van der Waals surface area contributed by atoms with Gasteiger partial charge in [0.25, 0.3) is 5.91 Å². The Kier molecular flexibility index (Phi) is 6.29. The minimum atomic E-state index is 0.0970. The maximum atomic E-state index is 13.1. The molecule has 1 saturated carbocycles. The van der Waals surface area contributed by atoms with E-state index in [0.29, 0.717) is 18.0 Å². The number of amides is 1. The summed E-state index contributed by atoms with van der Waals surface area (Å²) in [5.41, 5.74) is 4.27. The predicted molar refractivity (Wildman–Crippen MR) is 117 cm³/mol. The molecule has 0 bridgehead atoms. The molecule has 1 amide bonds. The molecule has 4 nitrogen and oxygen atoms in total. The number of likely N-dealkylation sites (tertiary alicyclic amines) is 1. The van der Waals surface area contributed by atoms with Crippen LogP contribution in [0.1, 0.15) is 52.9 Å². The Hall–Kier alpha value is -2.20. The molecule has 0 atom stereocenters. The van der Waals surface area contributed by atoms with E-state index >= 15 is 0 Å². The van der Waals surface area contributed by atoms with E-state index < -0.39 is 0 Å². The van der Waals surface area contributed by atoms with Crippen molar-refractivity contribution in [3.63, 3.8) is 0 Å². The Labute approximate surface area is 174 Å². The summed E-state index contributed by atoms with van der Waals surface area (Å²) in [4.78, 5) is 21.8. The van der Waals surface area contributed by atoms with Crippen LogP contribution in [0.2, 0.25) is 0 Å². The lowest BCUT2D eigenvalue weighted by Gasteiger charge is -2.29. The summed E-state index contributed by atoms with van der Waals surface area (Å²) in [5.74, 6) is 1.57. The molecule has 1 aromatic heterocycles. The fourth-order valence-electron chi connectivity index (χ4n) is 4.21. The number of piperidine rings is 1. The van der Waals surface area contributed by atoms with E-state index in [1.54, 1.807) is 6.20 Å². The van der Waals surface area contributed by atoms with Crippen molar-refractivity contribution >= 4 is 5.91 Å². The first kappa shape index (κ1) is 20.1. The summed E-state index contributed by atoms with van der Waals surface area (Å²) in [6.45, 7) is 5.91. The van der Waals surface area contributed by atoms with Crippen molar-refractivity contribution in [3.05, 3.63) is 65.0 Å². The molecule has 0 unspecified atom stereocenters. The van der Waals surface area contributed by atoms with E-state index in [9.17, 15) is 4.79 Å². The number of pyridine rings is 1. The highest BCUT2D eigenvalue weighted by Crippen LogP contribution is 2.31. The van der Waals surface area contributed by atoms with Crippen molar-refractivity contribution < 1.29 is 4.79 Å². The average molecular weight is 392 g/mol. The van der Waals surface area contributed by atoms with Crippen LogP contribution in [0.15, 0.2) is 42.6 Å². The lowest BCUT2D eigenvalue weighted by molar-refractivity contribution is 0.0734. The molecule has 1 saturated heterocycles. The largest absolute Gasteiger partial charge is 0.334 e. The van der Waals surface area contributed by atoms with E-state index in [0.717, 1.165) is 18.2 Å². The Bertz CT molecular complexity index is 803. The Morgan fingerprint density at radius 2 is 1.69 bits per heavy atom. The molecule has 1 aliphatic carbocycles. The van der Waals surface area contributed by atoms with Gasteiger partial charge in [0, 0.05) is 25.0 Å². The van der Waals surface area contributed by atoms with E-state index in [-0.39, 0.29) is 5.91 Å². The lowest BCUT2D eigenvalue weighted by Crippen LogP contribution is -2.32. The second-order valence-electron chi connectivity index (χ2n) is 9.08. The maximum Gasteiger partial charge on any atom is 0.255 e. The molecule has 1 aromatic carbocycles. The maximum absolute atomic E-state index is 13.1. The third-order valence-corrected chi connectivity index (χ3v) is 6.38. The van der Waals surface area contributed by atoms with Crippen LogP contribution < -0.4 is 0 Å². The fourth-order valence-corrected chi connectivity index (χ4v) is 4.21. The first-order valence-corrected chi connectivity index (χ1v) is 11.0. The summed E-state index contributed by atoms with van der Waals surface area (Å²) >= 11 is 0. The summed E-state index contributed by atoms with van der Waals surface area (Å²) in [6, 6.07) is 12.8. The van der Waals surface area contributed by atoms with Crippen molar-refractivity contribution in [1.82, 2.24) is 14.8 Å². The minimum absolute atomic E-state index is 0.0970. The van der Waals surface area contributed by atoms with Crippen LogP contribution in [0.4, 0.5) is 0 Å². The quantitative estimate of drug-likeness (QED) is 0.705. The number of aromatic nitrogens is 1. The number of aryl methyl sites for hydroxylation is 1. The molecule has 2 aliphatic rings. The third kappa shape index (κ3) is 5.66. The highest BCUT2D eigenvalue weighted by Gasteiger charge is 2.27. The van der Waals surface area contributed by atoms with Gasteiger partial charge in [0.2, 0.25) is 0 Å². The van der Waals surface area contributed by atoms with E-state index in [4.69, 9.17) is 0 Å². The normalized spacial score (nSPS) is 18.0. The molecule has 154 valence electrons. The zero-order valence-electron chi connectivity index (χ0n) is 17.8.